The minimum atomic E-state index is -1.38. The maximum Gasteiger partial charge on any atom is 0.408 e. The number of hydrogen-bond donors (Lipinski definition) is 2. The second kappa shape index (κ2) is 15.0. The summed E-state index contributed by atoms with van der Waals surface area (Å²) in [6.45, 7) is 4.24. The Balaban J connectivity index is 1.24. The van der Waals surface area contributed by atoms with E-state index < -0.39 is 47.5 Å². The fourth-order valence-corrected chi connectivity index (χ4v) is 6.92. The molecule has 3 aromatic carbocycles. The molecular weight excluding hydrogens is 667 g/mol. The summed E-state index contributed by atoms with van der Waals surface area (Å²) in [5.74, 6) is -3.98. The van der Waals surface area contributed by atoms with Crippen molar-refractivity contribution in [2.24, 2.45) is 0 Å². The topological polar surface area (TPSA) is 120 Å². The van der Waals surface area contributed by atoms with Crippen LogP contribution in [0.3, 0.4) is 0 Å². The Kier molecular flexibility index (Phi) is 10.4. The van der Waals surface area contributed by atoms with Gasteiger partial charge in [0.05, 0.1) is 25.2 Å². The van der Waals surface area contributed by atoms with Gasteiger partial charge in [-0.3, -0.25) is 9.69 Å². The molecule has 0 radical (unpaired) electrons. The van der Waals surface area contributed by atoms with Gasteiger partial charge in [0.25, 0.3) is 5.91 Å². The Morgan fingerprint density at radius 2 is 1.59 bits per heavy atom. The van der Waals surface area contributed by atoms with Crippen LogP contribution < -0.4 is 9.47 Å². The number of amides is 3. The summed E-state index contributed by atoms with van der Waals surface area (Å²) in [6, 6.07) is 12.9. The minimum absolute atomic E-state index is 0.0240. The molecule has 1 saturated carbocycles. The number of hydrogen-bond acceptors (Lipinski definition) is 5. The van der Waals surface area contributed by atoms with Crippen LogP contribution in [0.2, 0.25) is 0 Å². The minimum Gasteiger partial charge on any atom is -0.492 e. The fraction of sp³-hybridized carbons (Fsp3) is 0.395. The Labute approximate surface area is 293 Å². The summed E-state index contributed by atoms with van der Waals surface area (Å²) in [7, 11) is 0. The van der Waals surface area contributed by atoms with Crippen LogP contribution in [0.5, 0.6) is 11.5 Å². The zero-order valence-electron chi connectivity index (χ0n) is 28.4. The molecule has 3 amide bonds. The molecule has 2 heterocycles. The molecule has 270 valence electrons. The maximum absolute atomic E-state index is 14.6. The van der Waals surface area contributed by atoms with Gasteiger partial charge < -0.3 is 29.5 Å². The lowest BCUT2D eigenvalue weighted by Crippen LogP contribution is -2.65. The highest BCUT2D eigenvalue weighted by molar-refractivity contribution is 6.04. The van der Waals surface area contributed by atoms with E-state index in [1.165, 1.54) is 9.80 Å². The Morgan fingerprint density at radius 3 is 2.25 bits per heavy atom. The van der Waals surface area contributed by atoms with Crippen molar-refractivity contribution in [3.8, 4) is 11.5 Å². The molecule has 2 unspecified atom stereocenters. The zero-order valence-corrected chi connectivity index (χ0v) is 28.4. The van der Waals surface area contributed by atoms with Crippen molar-refractivity contribution in [3.63, 3.8) is 0 Å². The first kappa shape index (κ1) is 35.6. The molecule has 2 fully saturated rings. The highest BCUT2D eigenvalue weighted by Crippen LogP contribution is 2.41. The fourth-order valence-electron chi connectivity index (χ4n) is 6.92. The number of benzene rings is 3. The van der Waals surface area contributed by atoms with E-state index in [0.29, 0.717) is 35.8 Å². The van der Waals surface area contributed by atoms with Crippen LogP contribution in [0.15, 0.2) is 60.2 Å². The summed E-state index contributed by atoms with van der Waals surface area (Å²) in [5.41, 5.74) is 4.74. The monoisotopic (exact) mass is 707 g/mol. The average molecular weight is 708 g/mol. The third kappa shape index (κ3) is 7.77. The normalized spacial score (nSPS) is 18.5. The summed E-state index contributed by atoms with van der Waals surface area (Å²) in [4.78, 5) is 43.4. The van der Waals surface area contributed by atoms with E-state index >= 15 is 0 Å². The largest absolute Gasteiger partial charge is 0.492 e. The molecule has 13 heteroatoms. The van der Waals surface area contributed by atoms with E-state index in [1.54, 1.807) is 4.90 Å². The molecule has 1 saturated heterocycles. The van der Waals surface area contributed by atoms with Crippen molar-refractivity contribution in [2.75, 3.05) is 32.8 Å². The van der Waals surface area contributed by atoms with E-state index in [0.717, 1.165) is 35.6 Å². The van der Waals surface area contributed by atoms with Gasteiger partial charge in [-0.05, 0) is 98.0 Å². The van der Waals surface area contributed by atoms with Crippen LogP contribution in [0.4, 0.5) is 22.8 Å². The van der Waals surface area contributed by atoms with Crippen LogP contribution >= 0.6 is 0 Å². The molecule has 0 aromatic heterocycles. The van der Waals surface area contributed by atoms with Crippen LogP contribution in [-0.4, -0.2) is 94.0 Å². The van der Waals surface area contributed by atoms with Gasteiger partial charge in [-0.1, -0.05) is 30.3 Å². The highest BCUT2D eigenvalue weighted by Gasteiger charge is 2.49. The number of fused-ring (bicyclic) bond motifs is 2. The first-order chi connectivity index (χ1) is 24.4. The van der Waals surface area contributed by atoms with Gasteiger partial charge in [-0.2, -0.15) is 4.39 Å². The second-order valence-corrected chi connectivity index (χ2v) is 13.3. The molecule has 2 N–H and O–H groups in total. The number of halogens is 3. The lowest BCUT2D eigenvalue weighted by molar-refractivity contribution is -0.129. The van der Waals surface area contributed by atoms with Gasteiger partial charge in [0.15, 0.2) is 17.4 Å². The van der Waals surface area contributed by atoms with E-state index in [9.17, 15) is 37.8 Å². The molecular formula is C38H40F3N3O7. The van der Waals surface area contributed by atoms with Crippen molar-refractivity contribution < 1.29 is 47.2 Å². The number of rotatable bonds is 12. The lowest BCUT2D eigenvalue weighted by atomic mass is 9.81. The van der Waals surface area contributed by atoms with Crippen LogP contribution in [-0.2, 0) is 11.2 Å². The molecule has 6 rings (SSSR count). The molecule has 51 heavy (non-hydrogen) atoms. The number of carboxylic acid groups (broad SMARTS) is 2. The van der Waals surface area contributed by atoms with E-state index in [-0.39, 0.29) is 56.8 Å². The molecule has 2 atom stereocenters. The van der Waals surface area contributed by atoms with Crippen molar-refractivity contribution in [1.29, 1.82) is 0 Å². The van der Waals surface area contributed by atoms with Crippen LogP contribution in [0.1, 0.15) is 47.9 Å². The number of aryl methyl sites for hydroxylation is 3. The van der Waals surface area contributed by atoms with Gasteiger partial charge in [-0.15, -0.1) is 0 Å². The summed E-state index contributed by atoms with van der Waals surface area (Å²) < 4.78 is 52.6. The Hall–Kier alpha value is -5.20. The summed E-state index contributed by atoms with van der Waals surface area (Å²) >= 11 is 0. The standard InChI is InChI=1S/C38H40F3N3O7/c1-22-5-12-28(18-23(22)2)50-17-15-43(26-10-11-26)36(45)33-29(19-27-20-42(37(46)47)21-32(33)44(27)38(48)49)25-8-6-24(7-9-25)4-3-16-51-35-31(40)14-13-30(39)34(35)41/h5-9,12-14,18,26-27,32H,3-4,10-11,15-17,19-21H2,1-2H3,(H,46,47)(H,48,49). The molecule has 3 aliphatic rings. The van der Waals surface area contributed by atoms with Gasteiger partial charge in [-0.25, -0.2) is 18.4 Å². The van der Waals surface area contributed by atoms with E-state index in [4.69, 9.17) is 9.47 Å². The van der Waals surface area contributed by atoms with Crippen molar-refractivity contribution in [2.45, 2.75) is 64.1 Å². The maximum atomic E-state index is 14.6. The Bertz CT molecular complexity index is 1850. The van der Waals surface area contributed by atoms with Crippen LogP contribution in [0.25, 0.3) is 5.57 Å². The predicted octanol–water partition coefficient (Wildman–Crippen LogP) is 6.67. The SMILES string of the molecule is Cc1ccc(OCCN(C(=O)C2=C(c3ccc(CCCOc4c(F)ccc(F)c4F)cc3)CC3CN(C(=O)O)CC2N3C(=O)O)C2CC2)cc1C. The molecule has 0 spiro atoms. The van der Waals surface area contributed by atoms with Gasteiger partial charge in [0.1, 0.15) is 12.4 Å². The number of carbonyl (C=O) groups is 3. The summed E-state index contributed by atoms with van der Waals surface area (Å²) in [5, 5.41) is 20.2. The van der Waals surface area contributed by atoms with Gasteiger partial charge in [0.2, 0.25) is 5.82 Å². The average Bonchev–Trinajstić information content (AvgIpc) is 3.94. The van der Waals surface area contributed by atoms with Crippen molar-refractivity contribution >= 4 is 23.7 Å². The smallest absolute Gasteiger partial charge is 0.408 e. The molecule has 1 aliphatic carbocycles. The predicted molar refractivity (Wildman–Crippen MR) is 181 cm³/mol. The molecule has 2 aliphatic heterocycles. The second-order valence-electron chi connectivity index (χ2n) is 13.3. The number of carbonyl (C=O) groups excluding carboxylic acids is 1. The third-order valence-corrected chi connectivity index (χ3v) is 9.86. The molecule has 2 bridgehead atoms. The van der Waals surface area contributed by atoms with Crippen LogP contribution in [0, 0.1) is 31.3 Å². The van der Waals surface area contributed by atoms with Gasteiger partial charge in [0, 0.05) is 24.7 Å². The van der Waals surface area contributed by atoms with E-state index in [2.05, 4.69) is 0 Å². The quantitative estimate of drug-likeness (QED) is 0.159. The summed E-state index contributed by atoms with van der Waals surface area (Å²) in [6.07, 6.45) is 0.199. The Morgan fingerprint density at radius 1 is 0.863 bits per heavy atom. The van der Waals surface area contributed by atoms with Crippen molar-refractivity contribution in [3.05, 3.63) is 99.9 Å². The highest BCUT2D eigenvalue weighted by atomic mass is 19.2. The number of nitrogens with zero attached hydrogens (tertiary/aromatic N) is 3. The van der Waals surface area contributed by atoms with Crippen molar-refractivity contribution in [1.82, 2.24) is 14.7 Å². The first-order valence-electron chi connectivity index (χ1n) is 17.0. The molecule has 3 aromatic rings. The molecule has 10 nitrogen and oxygen atoms in total. The number of piperazine rings is 1. The third-order valence-electron chi connectivity index (χ3n) is 9.86. The lowest BCUT2D eigenvalue weighted by Gasteiger charge is -2.49. The van der Waals surface area contributed by atoms with E-state index in [1.807, 2.05) is 56.3 Å². The number of ether oxygens (including phenoxy) is 2. The zero-order chi connectivity index (χ0) is 36.4. The first-order valence-corrected chi connectivity index (χ1v) is 17.0. The van der Waals surface area contributed by atoms with Gasteiger partial charge >= 0.3 is 12.2 Å².